The van der Waals surface area contributed by atoms with Gasteiger partial charge in [-0.15, -0.1) is 0 Å². The zero-order chi connectivity index (χ0) is 24.4. The van der Waals surface area contributed by atoms with Crippen LogP contribution in [0.3, 0.4) is 0 Å². The summed E-state index contributed by atoms with van der Waals surface area (Å²) in [6.45, 7) is 1.53. The Labute approximate surface area is 205 Å². The first-order chi connectivity index (χ1) is 17.1. The Kier molecular flexibility index (Phi) is 6.75. The zero-order valence-corrected chi connectivity index (χ0v) is 19.8. The summed E-state index contributed by atoms with van der Waals surface area (Å²) in [6, 6.07) is 8.90. The number of ether oxygens (including phenoxy) is 2. The number of nitrogens with zero attached hydrogens (tertiary/aromatic N) is 2. The van der Waals surface area contributed by atoms with Crippen molar-refractivity contribution in [2.24, 2.45) is 11.8 Å². The summed E-state index contributed by atoms with van der Waals surface area (Å²) in [7, 11) is 0. The van der Waals surface area contributed by atoms with E-state index in [1.54, 1.807) is 9.80 Å². The highest BCUT2D eigenvalue weighted by Crippen LogP contribution is 2.53. The fraction of sp³-hybridized carbons (Fsp3) is 0.519. The first-order valence-electron chi connectivity index (χ1n) is 12.5. The minimum atomic E-state index is -1.22. The normalized spacial score (nSPS) is 32.0. The summed E-state index contributed by atoms with van der Waals surface area (Å²) in [5.74, 6) is -2.47. The van der Waals surface area contributed by atoms with Gasteiger partial charge in [0.15, 0.2) is 0 Å². The monoisotopic (exact) mass is 480 g/mol. The van der Waals surface area contributed by atoms with Crippen LogP contribution in [-0.2, 0) is 30.4 Å². The van der Waals surface area contributed by atoms with E-state index in [1.165, 1.54) is 0 Å². The van der Waals surface area contributed by atoms with Gasteiger partial charge in [0.25, 0.3) is 0 Å². The van der Waals surface area contributed by atoms with Crippen LogP contribution in [0.5, 0.6) is 0 Å². The molecule has 1 aromatic rings. The topological polar surface area (TPSA) is 96.4 Å². The van der Waals surface area contributed by atoms with Crippen molar-refractivity contribution in [3.8, 4) is 0 Å². The second-order valence-electron chi connectivity index (χ2n) is 9.65. The Balaban J connectivity index is 1.51. The van der Waals surface area contributed by atoms with Crippen molar-refractivity contribution in [3.63, 3.8) is 0 Å². The smallest absolute Gasteiger partial charge is 0.312 e. The number of carbonyl (C=O) groups excluding carboxylic acids is 3. The largest absolute Gasteiger partial charge is 0.465 e. The second kappa shape index (κ2) is 9.95. The SMILES string of the molecule is O=C1OCCC=C[C@H]2O[C@]34C=CCN(Cc5ccccc5)C(=O)C3N(CCCCCO)C(=O)[C@@H]4[C@@H]12. The molecule has 2 fully saturated rings. The maximum absolute atomic E-state index is 14.1. The van der Waals surface area contributed by atoms with Gasteiger partial charge in [0.05, 0.1) is 18.6 Å². The van der Waals surface area contributed by atoms with Crippen molar-refractivity contribution >= 4 is 17.8 Å². The Morgan fingerprint density at radius 2 is 1.86 bits per heavy atom. The Bertz CT molecular complexity index is 1020. The van der Waals surface area contributed by atoms with Crippen molar-refractivity contribution in [1.82, 2.24) is 9.80 Å². The molecule has 0 bridgehead atoms. The van der Waals surface area contributed by atoms with Gasteiger partial charge in [-0.2, -0.15) is 0 Å². The molecule has 35 heavy (non-hydrogen) atoms. The van der Waals surface area contributed by atoms with Gasteiger partial charge in [-0.1, -0.05) is 54.6 Å². The fourth-order valence-corrected chi connectivity index (χ4v) is 5.91. The summed E-state index contributed by atoms with van der Waals surface area (Å²) in [5.41, 5.74) is -0.222. The van der Waals surface area contributed by atoms with Crippen LogP contribution in [0, 0.1) is 11.8 Å². The average Bonchev–Trinajstić information content (AvgIpc) is 3.23. The zero-order valence-electron chi connectivity index (χ0n) is 19.8. The van der Waals surface area contributed by atoms with Crippen LogP contribution in [0.4, 0.5) is 0 Å². The summed E-state index contributed by atoms with van der Waals surface area (Å²) >= 11 is 0. The molecule has 186 valence electrons. The van der Waals surface area contributed by atoms with E-state index in [1.807, 2.05) is 54.6 Å². The van der Waals surface area contributed by atoms with E-state index in [-0.39, 0.29) is 25.0 Å². The summed E-state index contributed by atoms with van der Waals surface area (Å²) in [6.07, 6.45) is 9.50. The number of likely N-dealkylation sites (tertiary alicyclic amines) is 1. The number of rotatable bonds is 7. The van der Waals surface area contributed by atoms with E-state index in [0.29, 0.717) is 38.9 Å². The van der Waals surface area contributed by atoms with Crippen molar-refractivity contribution < 1.29 is 29.0 Å². The minimum absolute atomic E-state index is 0.0848. The maximum Gasteiger partial charge on any atom is 0.312 e. The number of carbonyl (C=O) groups is 3. The number of benzene rings is 1. The van der Waals surface area contributed by atoms with Gasteiger partial charge in [0, 0.05) is 26.2 Å². The lowest BCUT2D eigenvalue weighted by molar-refractivity contribution is -0.155. The molecule has 8 heteroatoms. The Morgan fingerprint density at radius 3 is 2.66 bits per heavy atom. The second-order valence-corrected chi connectivity index (χ2v) is 9.65. The molecular formula is C27H32N2O6. The van der Waals surface area contributed by atoms with Crippen LogP contribution in [0.2, 0.25) is 0 Å². The van der Waals surface area contributed by atoms with Crippen LogP contribution < -0.4 is 0 Å². The lowest BCUT2D eigenvalue weighted by Crippen LogP contribution is -2.55. The van der Waals surface area contributed by atoms with Gasteiger partial charge in [-0.25, -0.2) is 0 Å². The highest BCUT2D eigenvalue weighted by atomic mass is 16.6. The summed E-state index contributed by atoms with van der Waals surface area (Å²) in [5, 5.41) is 9.16. The predicted octanol–water partition coefficient (Wildman–Crippen LogP) is 1.83. The Hall–Kier alpha value is -2.97. The van der Waals surface area contributed by atoms with E-state index in [4.69, 9.17) is 14.6 Å². The number of fused-ring (bicyclic) bond motifs is 2. The van der Waals surface area contributed by atoms with E-state index < -0.39 is 35.6 Å². The van der Waals surface area contributed by atoms with Crippen molar-refractivity contribution in [1.29, 1.82) is 0 Å². The quantitative estimate of drug-likeness (QED) is 0.363. The molecule has 1 unspecified atom stereocenters. The maximum atomic E-state index is 14.1. The van der Waals surface area contributed by atoms with Gasteiger partial charge < -0.3 is 24.4 Å². The lowest BCUT2D eigenvalue weighted by Gasteiger charge is -2.35. The number of esters is 1. The van der Waals surface area contributed by atoms with E-state index >= 15 is 0 Å². The summed E-state index contributed by atoms with van der Waals surface area (Å²) in [4.78, 5) is 44.4. The number of aliphatic hydroxyl groups excluding tert-OH is 1. The van der Waals surface area contributed by atoms with Crippen LogP contribution in [-0.4, -0.2) is 76.7 Å². The van der Waals surface area contributed by atoms with Crippen LogP contribution >= 0.6 is 0 Å². The molecule has 1 aromatic carbocycles. The first kappa shape index (κ1) is 23.8. The van der Waals surface area contributed by atoms with Gasteiger partial charge in [0.1, 0.15) is 17.6 Å². The average molecular weight is 481 g/mol. The van der Waals surface area contributed by atoms with Crippen molar-refractivity contribution in [2.75, 3.05) is 26.3 Å². The minimum Gasteiger partial charge on any atom is -0.465 e. The third-order valence-electron chi connectivity index (χ3n) is 7.48. The molecule has 4 aliphatic heterocycles. The standard InChI is InChI=1S/C27H32N2O6/c30-16-7-2-6-15-29-23-25(32)28(18-19-10-3-1-4-11-19)14-9-13-27(23)22(24(29)31)21-20(35-27)12-5-8-17-34-26(21)33/h1,3-5,9-13,20-23,30H,2,6-8,14-18H2/t20-,21+,22+,23?,27+/m1/s1. The molecule has 5 atom stereocenters. The molecule has 8 nitrogen and oxygen atoms in total. The van der Waals surface area contributed by atoms with E-state index in [2.05, 4.69) is 0 Å². The molecule has 0 aliphatic carbocycles. The molecule has 0 saturated carbocycles. The molecule has 1 N–H and O–H groups in total. The highest BCUT2D eigenvalue weighted by molar-refractivity contribution is 5.99. The van der Waals surface area contributed by atoms with Gasteiger partial charge in [-0.05, 0) is 31.2 Å². The molecule has 5 rings (SSSR count). The number of cyclic esters (lactones) is 1. The third kappa shape index (κ3) is 4.19. The number of hydrogen-bond acceptors (Lipinski definition) is 6. The van der Waals surface area contributed by atoms with Crippen LogP contribution in [0.25, 0.3) is 0 Å². The Morgan fingerprint density at radius 1 is 1.03 bits per heavy atom. The molecule has 0 radical (unpaired) electrons. The van der Waals surface area contributed by atoms with Gasteiger partial charge in [0.2, 0.25) is 11.8 Å². The lowest BCUT2D eigenvalue weighted by atomic mass is 9.77. The third-order valence-corrected chi connectivity index (χ3v) is 7.48. The molecular weight excluding hydrogens is 448 g/mol. The molecule has 4 aliphatic rings. The van der Waals surface area contributed by atoms with Gasteiger partial charge in [-0.3, -0.25) is 14.4 Å². The molecule has 2 saturated heterocycles. The molecule has 1 spiro atoms. The first-order valence-corrected chi connectivity index (χ1v) is 12.5. The molecule has 4 heterocycles. The highest BCUT2D eigenvalue weighted by Gasteiger charge is 2.71. The number of unbranched alkanes of at least 4 members (excludes halogenated alkanes) is 2. The fourth-order valence-electron chi connectivity index (χ4n) is 5.91. The molecule has 2 amide bonds. The molecule has 0 aromatic heterocycles. The summed E-state index contributed by atoms with van der Waals surface area (Å²) < 4.78 is 12.0. The van der Waals surface area contributed by atoms with Crippen LogP contribution in [0.1, 0.15) is 31.2 Å². The van der Waals surface area contributed by atoms with Gasteiger partial charge >= 0.3 is 5.97 Å². The number of hydrogen-bond donors (Lipinski definition) is 1. The number of aliphatic hydroxyl groups is 1. The van der Waals surface area contributed by atoms with Crippen molar-refractivity contribution in [2.45, 2.75) is 50.0 Å². The number of amides is 2. The van der Waals surface area contributed by atoms with Crippen LogP contribution in [0.15, 0.2) is 54.6 Å². The van der Waals surface area contributed by atoms with E-state index in [9.17, 15) is 14.4 Å². The van der Waals surface area contributed by atoms with E-state index in [0.717, 1.165) is 12.0 Å². The predicted molar refractivity (Wildman–Crippen MR) is 127 cm³/mol. The van der Waals surface area contributed by atoms with Crippen molar-refractivity contribution in [3.05, 3.63) is 60.2 Å².